The second-order valence-corrected chi connectivity index (χ2v) is 11.3. The molecular weight excluding hydrogens is 400 g/mol. The van der Waals surface area contributed by atoms with E-state index in [2.05, 4.69) is 45.4 Å². The van der Waals surface area contributed by atoms with E-state index < -0.39 is 0 Å². The molecule has 156 valence electrons. The lowest BCUT2D eigenvalue weighted by molar-refractivity contribution is -0.123. The number of thiophene rings is 1. The number of nitrogens with one attached hydrogen (secondary N) is 1. The van der Waals surface area contributed by atoms with E-state index in [1.807, 2.05) is 6.07 Å². The minimum absolute atomic E-state index is 0.126. The quantitative estimate of drug-likeness (QED) is 0.639. The third-order valence-corrected chi connectivity index (χ3v) is 9.32. The topological polar surface area (TPSA) is 59.8 Å². The Bertz CT molecular complexity index is 840. The summed E-state index contributed by atoms with van der Waals surface area (Å²) in [6.45, 7) is 5.15. The summed E-state index contributed by atoms with van der Waals surface area (Å²) in [5.41, 5.74) is 0.352. The molecule has 1 amide bonds. The lowest BCUT2D eigenvalue weighted by atomic mass is 9.48. The van der Waals surface area contributed by atoms with Gasteiger partial charge in [-0.3, -0.25) is 4.79 Å². The van der Waals surface area contributed by atoms with Gasteiger partial charge in [-0.1, -0.05) is 17.8 Å². The van der Waals surface area contributed by atoms with Crippen molar-refractivity contribution in [2.45, 2.75) is 70.1 Å². The number of hydrogen-bond acceptors (Lipinski definition) is 5. The Hall–Kier alpha value is -1.34. The van der Waals surface area contributed by atoms with E-state index >= 15 is 0 Å². The first-order valence-corrected chi connectivity index (χ1v) is 12.8. The van der Waals surface area contributed by atoms with Crippen LogP contribution in [0.2, 0.25) is 0 Å². The number of hydrogen-bond donors (Lipinski definition) is 1. The second kappa shape index (κ2) is 7.73. The molecule has 29 heavy (non-hydrogen) atoms. The van der Waals surface area contributed by atoms with Crippen LogP contribution in [0.5, 0.6) is 0 Å². The first kappa shape index (κ1) is 19.6. The van der Waals surface area contributed by atoms with Gasteiger partial charge in [0.25, 0.3) is 0 Å². The lowest BCUT2D eigenvalue weighted by Crippen LogP contribution is -2.56. The number of thioether (sulfide) groups is 1. The van der Waals surface area contributed by atoms with Gasteiger partial charge in [0, 0.05) is 12.6 Å². The normalized spacial score (nSPS) is 31.2. The number of carbonyl (C=O) groups is 1. The van der Waals surface area contributed by atoms with Crippen LogP contribution in [0.25, 0.3) is 10.7 Å². The third kappa shape index (κ3) is 3.65. The van der Waals surface area contributed by atoms with Crippen LogP contribution < -0.4 is 5.32 Å². The molecule has 0 aromatic carbocycles. The van der Waals surface area contributed by atoms with E-state index in [0.29, 0.717) is 11.2 Å². The van der Waals surface area contributed by atoms with E-state index in [4.69, 9.17) is 0 Å². The molecule has 0 saturated heterocycles. The number of rotatable bonds is 7. The van der Waals surface area contributed by atoms with Gasteiger partial charge in [-0.25, -0.2) is 0 Å². The van der Waals surface area contributed by atoms with Crippen molar-refractivity contribution in [3.05, 3.63) is 17.5 Å². The minimum atomic E-state index is 0.126. The fourth-order valence-corrected chi connectivity index (χ4v) is 8.07. The molecule has 2 aromatic heterocycles. The predicted octanol–water partition coefficient (Wildman–Crippen LogP) is 4.84. The molecule has 4 saturated carbocycles. The molecule has 1 unspecified atom stereocenters. The zero-order valence-electron chi connectivity index (χ0n) is 17.3. The fourth-order valence-electron chi connectivity index (χ4n) is 6.54. The van der Waals surface area contributed by atoms with Crippen LogP contribution in [-0.4, -0.2) is 32.5 Å². The highest BCUT2D eigenvalue weighted by molar-refractivity contribution is 7.99. The molecule has 4 aliphatic rings. The number of amides is 1. The molecule has 4 fully saturated rings. The summed E-state index contributed by atoms with van der Waals surface area (Å²) in [7, 11) is 0. The van der Waals surface area contributed by atoms with Gasteiger partial charge >= 0.3 is 0 Å². The van der Waals surface area contributed by atoms with Gasteiger partial charge in [0.05, 0.1) is 10.6 Å². The molecule has 2 heterocycles. The Kier molecular flexibility index (Phi) is 5.23. The Morgan fingerprint density at radius 1 is 1.28 bits per heavy atom. The van der Waals surface area contributed by atoms with Gasteiger partial charge in [0.15, 0.2) is 11.0 Å². The van der Waals surface area contributed by atoms with Crippen molar-refractivity contribution in [2.24, 2.45) is 23.2 Å². The maximum atomic E-state index is 12.8. The minimum Gasteiger partial charge on any atom is -0.352 e. The van der Waals surface area contributed by atoms with E-state index in [0.717, 1.165) is 40.2 Å². The van der Waals surface area contributed by atoms with E-state index in [1.54, 1.807) is 11.3 Å². The average Bonchev–Trinajstić information content (AvgIpc) is 3.34. The van der Waals surface area contributed by atoms with Crippen molar-refractivity contribution in [3.63, 3.8) is 0 Å². The standard InChI is InChI=1S/C22H30N4OS2/c1-3-26-20(18-5-4-6-28-18)24-25-21(26)29-13-19(27)23-14(2)22-10-15-7-16(11-22)9-17(8-15)12-22/h4-6,14-17H,3,7-13H2,1-2H3,(H,23,27). The Labute approximate surface area is 181 Å². The van der Waals surface area contributed by atoms with Crippen molar-refractivity contribution in [3.8, 4) is 10.7 Å². The van der Waals surface area contributed by atoms with Crippen LogP contribution in [0, 0.1) is 23.2 Å². The molecule has 0 radical (unpaired) electrons. The maximum absolute atomic E-state index is 12.8. The summed E-state index contributed by atoms with van der Waals surface area (Å²) in [6, 6.07) is 4.37. The van der Waals surface area contributed by atoms with E-state index in [-0.39, 0.29) is 11.9 Å². The van der Waals surface area contributed by atoms with Gasteiger partial charge in [-0.2, -0.15) is 0 Å². The summed E-state index contributed by atoms with van der Waals surface area (Å²) >= 11 is 3.17. The zero-order chi connectivity index (χ0) is 20.0. The Balaban J connectivity index is 1.21. The summed E-state index contributed by atoms with van der Waals surface area (Å²) in [5.74, 6) is 4.16. The van der Waals surface area contributed by atoms with Crippen molar-refractivity contribution >= 4 is 29.0 Å². The van der Waals surface area contributed by atoms with Crippen molar-refractivity contribution in [2.75, 3.05) is 5.75 Å². The molecule has 4 aliphatic carbocycles. The van der Waals surface area contributed by atoms with Gasteiger partial charge in [0.1, 0.15) is 0 Å². The fraction of sp³-hybridized carbons (Fsp3) is 0.682. The van der Waals surface area contributed by atoms with Crippen molar-refractivity contribution in [1.82, 2.24) is 20.1 Å². The molecule has 4 bridgehead atoms. The number of carbonyl (C=O) groups excluding carboxylic acids is 1. The molecule has 5 nitrogen and oxygen atoms in total. The highest BCUT2D eigenvalue weighted by atomic mass is 32.2. The van der Waals surface area contributed by atoms with Gasteiger partial charge in [-0.15, -0.1) is 21.5 Å². The summed E-state index contributed by atoms with van der Waals surface area (Å²) in [4.78, 5) is 13.9. The van der Waals surface area contributed by atoms with Crippen LogP contribution in [0.4, 0.5) is 0 Å². The van der Waals surface area contributed by atoms with Crippen molar-refractivity contribution in [1.29, 1.82) is 0 Å². The van der Waals surface area contributed by atoms with Crippen LogP contribution in [0.1, 0.15) is 52.4 Å². The highest BCUT2D eigenvalue weighted by Crippen LogP contribution is 2.61. The highest BCUT2D eigenvalue weighted by Gasteiger charge is 2.53. The third-order valence-electron chi connectivity index (χ3n) is 7.49. The molecule has 0 aliphatic heterocycles. The van der Waals surface area contributed by atoms with Crippen LogP contribution in [0.3, 0.4) is 0 Å². The molecule has 1 atom stereocenters. The van der Waals surface area contributed by atoms with Crippen molar-refractivity contribution < 1.29 is 4.79 Å². The monoisotopic (exact) mass is 430 g/mol. The zero-order valence-corrected chi connectivity index (χ0v) is 18.9. The molecule has 2 aromatic rings. The van der Waals surface area contributed by atoms with Crippen LogP contribution >= 0.6 is 23.1 Å². The Morgan fingerprint density at radius 3 is 2.55 bits per heavy atom. The Morgan fingerprint density at radius 2 is 1.97 bits per heavy atom. The number of nitrogens with zero attached hydrogens (tertiary/aromatic N) is 3. The van der Waals surface area contributed by atoms with E-state index in [1.165, 1.54) is 50.3 Å². The first-order chi connectivity index (χ1) is 14.1. The summed E-state index contributed by atoms with van der Waals surface area (Å²) in [6.07, 6.45) is 8.28. The van der Waals surface area contributed by atoms with Gasteiger partial charge in [0.2, 0.25) is 5.91 Å². The maximum Gasteiger partial charge on any atom is 0.230 e. The largest absolute Gasteiger partial charge is 0.352 e. The van der Waals surface area contributed by atoms with Crippen LogP contribution in [-0.2, 0) is 11.3 Å². The van der Waals surface area contributed by atoms with Gasteiger partial charge < -0.3 is 9.88 Å². The molecule has 7 heteroatoms. The van der Waals surface area contributed by atoms with E-state index in [9.17, 15) is 4.79 Å². The summed E-state index contributed by atoms with van der Waals surface area (Å²) in [5, 5.41) is 15.0. The average molecular weight is 431 g/mol. The number of aromatic nitrogens is 3. The molecule has 1 N–H and O–H groups in total. The molecule has 0 spiro atoms. The molecular formula is C22H30N4OS2. The lowest BCUT2D eigenvalue weighted by Gasteiger charge is -2.59. The van der Waals surface area contributed by atoms with Crippen LogP contribution in [0.15, 0.2) is 22.7 Å². The SMILES string of the molecule is CCn1c(SCC(=O)NC(C)C23CC4CC(CC(C4)C2)C3)nnc1-c1cccs1. The second-order valence-electron chi connectivity index (χ2n) is 9.39. The first-order valence-electron chi connectivity index (χ1n) is 11.0. The molecule has 6 rings (SSSR count). The predicted molar refractivity (Wildman–Crippen MR) is 118 cm³/mol. The summed E-state index contributed by atoms with van der Waals surface area (Å²) < 4.78 is 2.10. The smallest absolute Gasteiger partial charge is 0.230 e. The van der Waals surface area contributed by atoms with Gasteiger partial charge in [-0.05, 0) is 87.0 Å².